The van der Waals surface area contributed by atoms with Crippen LogP contribution in [0.3, 0.4) is 0 Å². The Kier molecular flexibility index (Phi) is 4.33. The molecule has 6 heteroatoms. The predicted octanol–water partition coefficient (Wildman–Crippen LogP) is 2.84. The van der Waals surface area contributed by atoms with Gasteiger partial charge < -0.3 is 10.1 Å². The number of methoxy groups -OCH3 is 1. The van der Waals surface area contributed by atoms with Gasteiger partial charge >= 0.3 is 5.97 Å². The van der Waals surface area contributed by atoms with Crippen molar-refractivity contribution in [2.24, 2.45) is 0 Å². The highest BCUT2D eigenvalue weighted by Gasteiger charge is 2.07. The van der Waals surface area contributed by atoms with Gasteiger partial charge in [-0.15, -0.1) is 11.3 Å². The maximum Gasteiger partial charge on any atom is 0.311 e. The third kappa shape index (κ3) is 3.30. The van der Waals surface area contributed by atoms with E-state index in [1.54, 1.807) is 11.3 Å². The Labute approximate surface area is 114 Å². The summed E-state index contributed by atoms with van der Waals surface area (Å²) in [4.78, 5) is 15.4. The van der Waals surface area contributed by atoms with Gasteiger partial charge in [0.25, 0.3) is 0 Å². The van der Waals surface area contributed by atoms with Crippen molar-refractivity contribution >= 4 is 33.8 Å². The molecule has 0 unspecified atom stereocenters. The summed E-state index contributed by atoms with van der Waals surface area (Å²) in [6.07, 6.45) is 0.228. The van der Waals surface area contributed by atoms with Gasteiger partial charge in [-0.25, -0.2) is 4.98 Å². The molecule has 0 radical (unpaired) electrons. The molecule has 0 bridgehead atoms. The van der Waals surface area contributed by atoms with E-state index >= 15 is 0 Å². The monoisotopic (exact) mass is 282 g/mol. The van der Waals surface area contributed by atoms with Crippen molar-refractivity contribution in [2.75, 3.05) is 12.4 Å². The van der Waals surface area contributed by atoms with Crippen LogP contribution in [0, 0.1) is 6.92 Å². The number of thiazole rings is 1. The van der Waals surface area contributed by atoms with Crippen LogP contribution in [0.2, 0.25) is 0 Å². The van der Waals surface area contributed by atoms with E-state index in [1.165, 1.54) is 29.6 Å². The fraction of sp³-hybridized carbons (Fsp3) is 0.333. The van der Waals surface area contributed by atoms with Gasteiger partial charge in [0.05, 0.1) is 19.2 Å². The molecule has 2 aromatic rings. The number of thiophene rings is 1. The topological polar surface area (TPSA) is 51.2 Å². The first-order valence-corrected chi connectivity index (χ1v) is 7.28. The molecular weight excluding hydrogens is 268 g/mol. The lowest BCUT2D eigenvalue weighted by molar-refractivity contribution is -0.139. The van der Waals surface area contributed by atoms with Crippen molar-refractivity contribution in [2.45, 2.75) is 19.9 Å². The molecule has 0 spiro atoms. The van der Waals surface area contributed by atoms with E-state index in [0.29, 0.717) is 0 Å². The van der Waals surface area contributed by atoms with Crippen molar-refractivity contribution in [1.29, 1.82) is 0 Å². The lowest BCUT2D eigenvalue weighted by Gasteiger charge is -2.01. The first kappa shape index (κ1) is 13.0. The minimum atomic E-state index is -0.263. The normalized spacial score (nSPS) is 10.3. The van der Waals surface area contributed by atoms with Gasteiger partial charge in [0.15, 0.2) is 5.13 Å². The number of nitrogens with one attached hydrogen (secondary N) is 1. The van der Waals surface area contributed by atoms with E-state index in [1.807, 2.05) is 5.38 Å². The molecule has 2 rings (SSSR count). The molecule has 2 aromatic heterocycles. The molecule has 0 atom stereocenters. The highest BCUT2D eigenvalue weighted by Crippen LogP contribution is 2.19. The van der Waals surface area contributed by atoms with Crippen LogP contribution in [0.1, 0.15) is 16.8 Å². The van der Waals surface area contributed by atoms with Crippen molar-refractivity contribution in [3.05, 3.63) is 33.0 Å². The summed E-state index contributed by atoms with van der Waals surface area (Å²) in [7, 11) is 1.38. The van der Waals surface area contributed by atoms with Gasteiger partial charge in [-0.05, 0) is 28.8 Å². The zero-order chi connectivity index (χ0) is 13.0. The molecule has 0 amide bonds. The van der Waals surface area contributed by atoms with Gasteiger partial charge in [0, 0.05) is 11.9 Å². The second-order valence-corrected chi connectivity index (χ2v) is 5.43. The van der Waals surface area contributed by atoms with Gasteiger partial charge in [-0.2, -0.15) is 11.3 Å². The highest BCUT2D eigenvalue weighted by molar-refractivity contribution is 7.13. The molecule has 96 valence electrons. The summed E-state index contributed by atoms with van der Waals surface area (Å²) < 4.78 is 4.60. The Morgan fingerprint density at radius 3 is 2.94 bits per heavy atom. The van der Waals surface area contributed by atoms with Crippen LogP contribution in [0.15, 0.2) is 16.1 Å². The summed E-state index contributed by atoms with van der Waals surface area (Å²) >= 11 is 3.20. The Morgan fingerprint density at radius 2 is 2.28 bits per heavy atom. The number of carbonyl (C=O) groups is 1. The Hall–Kier alpha value is -1.40. The molecule has 2 heterocycles. The first-order valence-electron chi connectivity index (χ1n) is 5.46. The third-order valence-corrected chi connectivity index (χ3v) is 4.26. The lowest BCUT2D eigenvalue weighted by Crippen LogP contribution is -2.05. The van der Waals surface area contributed by atoms with Crippen molar-refractivity contribution in [3.8, 4) is 0 Å². The van der Waals surface area contributed by atoms with Gasteiger partial charge in [-0.3, -0.25) is 4.79 Å². The summed E-state index contributed by atoms with van der Waals surface area (Å²) in [5.74, 6) is -0.263. The Morgan fingerprint density at radius 1 is 1.44 bits per heavy atom. The molecule has 0 saturated carbocycles. The Balaban J connectivity index is 1.91. The summed E-state index contributed by atoms with van der Waals surface area (Å²) in [6, 6.07) is 0. The van der Waals surface area contributed by atoms with Crippen LogP contribution in [-0.4, -0.2) is 18.1 Å². The molecule has 0 aromatic carbocycles. The number of rotatable bonds is 5. The second-order valence-electron chi connectivity index (χ2n) is 3.83. The lowest BCUT2D eigenvalue weighted by atomic mass is 10.2. The van der Waals surface area contributed by atoms with Gasteiger partial charge in [-0.1, -0.05) is 0 Å². The van der Waals surface area contributed by atoms with Crippen LogP contribution in [0.5, 0.6) is 0 Å². The van der Waals surface area contributed by atoms with Gasteiger partial charge in [0.2, 0.25) is 0 Å². The summed E-state index contributed by atoms with van der Waals surface area (Å²) in [5.41, 5.74) is 3.32. The van der Waals surface area contributed by atoms with Crippen molar-refractivity contribution in [1.82, 2.24) is 4.98 Å². The SMILES string of the molecule is COC(=O)Cc1csc(NCc2cscc2C)n1. The van der Waals surface area contributed by atoms with E-state index in [4.69, 9.17) is 0 Å². The van der Waals surface area contributed by atoms with Gasteiger partial charge in [0.1, 0.15) is 0 Å². The van der Waals surface area contributed by atoms with Crippen LogP contribution < -0.4 is 5.32 Å². The molecule has 0 aliphatic rings. The van der Waals surface area contributed by atoms with Crippen molar-refractivity contribution in [3.63, 3.8) is 0 Å². The number of anilines is 1. The zero-order valence-electron chi connectivity index (χ0n) is 10.2. The smallest absolute Gasteiger partial charge is 0.311 e. The number of aryl methyl sites for hydroxylation is 1. The summed E-state index contributed by atoms with van der Waals surface area (Å²) in [5, 5.41) is 10.2. The number of nitrogens with zero attached hydrogens (tertiary/aromatic N) is 1. The first-order chi connectivity index (χ1) is 8.69. The molecule has 0 aliphatic carbocycles. The van der Waals surface area contributed by atoms with Crippen LogP contribution in [0.4, 0.5) is 5.13 Å². The maximum atomic E-state index is 11.1. The number of hydrogen-bond acceptors (Lipinski definition) is 6. The number of hydrogen-bond donors (Lipinski definition) is 1. The predicted molar refractivity (Wildman–Crippen MR) is 74.2 cm³/mol. The van der Waals surface area contributed by atoms with Crippen LogP contribution >= 0.6 is 22.7 Å². The van der Waals surface area contributed by atoms with E-state index in [9.17, 15) is 4.79 Å². The molecule has 0 saturated heterocycles. The number of aromatic nitrogens is 1. The second kappa shape index (κ2) is 5.97. The number of carbonyl (C=O) groups excluding carboxylic acids is 1. The van der Waals surface area contributed by atoms with E-state index in [-0.39, 0.29) is 12.4 Å². The maximum absolute atomic E-state index is 11.1. The average molecular weight is 282 g/mol. The van der Waals surface area contributed by atoms with Crippen LogP contribution in [0.25, 0.3) is 0 Å². The molecule has 1 N–H and O–H groups in total. The molecular formula is C12H14N2O2S2. The third-order valence-electron chi connectivity index (χ3n) is 2.50. The average Bonchev–Trinajstić information content (AvgIpc) is 2.96. The standard InChI is InChI=1S/C12H14N2O2S2/c1-8-5-17-6-9(8)4-13-12-14-10(7-18-12)3-11(15)16-2/h5-7H,3-4H2,1-2H3,(H,13,14). The molecule has 18 heavy (non-hydrogen) atoms. The minimum absolute atomic E-state index is 0.228. The molecule has 0 fully saturated rings. The van der Waals surface area contributed by atoms with E-state index < -0.39 is 0 Å². The molecule has 4 nitrogen and oxygen atoms in total. The quantitative estimate of drug-likeness (QED) is 0.857. The Bertz CT molecular complexity index is 534. The highest BCUT2D eigenvalue weighted by atomic mass is 32.1. The fourth-order valence-corrected chi connectivity index (χ4v) is 2.99. The largest absolute Gasteiger partial charge is 0.469 e. The summed E-state index contributed by atoms with van der Waals surface area (Å²) in [6.45, 7) is 2.86. The molecule has 0 aliphatic heterocycles. The van der Waals surface area contributed by atoms with E-state index in [0.717, 1.165) is 17.4 Å². The number of ether oxygens (including phenoxy) is 1. The van der Waals surface area contributed by atoms with Crippen LogP contribution in [-0.2, 0) is 22.5 Å². The number of esters is 1. The zero-order valence-corrected chi connectivity index (χ0v) is 11.9. The van der Waals surface area contributed by atoms with E-state index in [2.05, 4.69) is 32.7 Å². The fourth-order valence-electron chi connectivity index (χ4n) is 1.43. The minimum Gasteiger partial charge on any atom is -0.469 e. The van der Waals surface area contributed by atoms with Crippen molar-refractivity contribution < 1.29 is 9.53 Å².